The molecule has 2 aromatic rings. The molecule has 0 N–H and O–H groups in total. The van der Waals surface area contributed by atoms with Crippen LogP contribution in [0, 0.1) is 0 Å². The molecule has 1 aliphatic heterocycles. The Balaban J connectivity index is 1.70. The number of morpholine rings is 1. The lowest BCUT2D eigenvalue weighted by molar-refractivity contribution is -0.0293. The number of tetrazole rings is 1. The molecule has 1 amide bonds. The molecule has 0 aromatic carbocycles. The van der Waals surface area contributed by atoms with Crippen molar-refractivity contribution in [2.24, 2.45) is 0 Å². The SMILES string of the molecule is COCCn1nnnc1[C@@H]1CN(C(=O)c2csc(C(C)C)n2)CCO1. The summed E-state index contributed by atoms with van der Waals surface area (Å²) in [6.07, 6.45) is -0.354. The molecule has 0 aliphatic carbocycles. The Labute approximate surface area is 149 Å². The third-order valence-electron chi connectivity index (χ3n) is 3.94. The monoisotopic (exact) mass is 366 g/mol. The minimum absolute atomic E-state index is 0.0765. The van der Waals surface area contributed by atoms with E-state index in [1.807, 2.05) is 5.38 Å². The second-order valence-corrected chi connectivity index (χ2v) is 6.98. The number of carbonyl (C=O) groups is 1. The van der Waals surface area contributed by atoms with Crippen LogP contribution in [0.4, 0.5) is 0 Å². The molecule has 1 fully saturated rings. The first-order valence-electron chi connectivity index (χ1n) is 8.21. The standard InChI is InChI=1S/C15H22N6O3S/c1-10(2)14-16-11(9-25-14)15(22)20-4-7-24-12(8-20)13-17-18-19-21(13)5-6-23-3/h9-10,12H,4-8H2,1-3H3/t12-/m0/s1. The smallest absolute Gasteiger partial charge is 0.273 e. The van der Waals surface area contributed by atoms with Crippen molar-refractivity contribution in [1.82, 2.24) is 30.1 Å². The maximum Gasteiger partial charge on any atom is 0.273 e. The molecule has 25 heavy (non-hydrogen) atoms. The van der Waals surface area contributed by atoms with Gasteiger partial charge in [0, 0.05) is 25.0 Å². The lowest BCUT2D eigenvalue weighted by Gasteiger charge is -2.31. The molecule has 10 heteroatoms. The van der Waals surface area contributed by atoms with Gasteiger partial charge in [0.2, 0.25) is 0 Å². The van der Waals surface area contributed by atoms with Gasteiger partial charge < -0.3 is 14.4 Å². The summed E-state index contributed by atoms with van der Waals surface area (Å²) in [7, 11) is 1.63. The zero-order valence-corrected chi connectivity index (χ0v) is 15.4. The normalized spacial score (nSPS) is 18.1. The summed E-state index contributed by atoms with van der Waals surface area (Å²) in [5.41, 5.74) is 0.494. The molecule has 136 valence electrons. The van der Waals surface area contributed by atoms with E-state index in [-0.39, 0.29) is 12.0 Å². The fourth-order valence-corrected chi connectivity index (χ4v) is 3.39. The molecular weight excluding hydrogens is 344 g/mol. The molecule has 0 bridgehead atoms. The van der Waals surface area contributed by atoms with Crippen LogP contribution in [0.5, 0.6) is 0 Å². The van der Waals surface area contributed by atoms with Gasteiger partial charge in [0.1, 0.15) is 11.8 Å². The molecule has 9 nitrogen and oxygen atoms in total. The molecule has 0 saturated carbocycles. The summed E-state index contributed by atoms with van der Waals surface area (Å²) >= 11 is 1.52. The van der Waals surface area contributed by atoms with Crippen LogP contribution in [0.1, 0.15) is 47.2 Å². The van der Waals surface area contributed by atoms with E-state index in [1.54, 1.807) is 16.7 Å². The number of ether oxygens (including phenoxy) is 2. The third-order valence-corrected chi connectivity index (χ3v) is 5.09. The van der Waals surface area contributed by atoms with Crippen molar-refractivity contribution < 1.29 is 14.3 Å². The molecule has 0 unspecified atom stereocenters. The van der Waals surface area contributed by atoms with E-state index in [2.05, 4.69) is 34.4 Å². The quantitative estimate of drug-likeness (QED) is 0.756. The van der Waals surface area contributed by atoms with Crippen LogP contribution >= 0.6 is 11.3 Å². The highest BCUT2D eigenvalue weighted by atomic mass is 32.1. The van der Waals surface area contributed by atoms with Crippen LogP contribution < -0.4 is 0 Å². The number of nitrogens with zero attached hydrogens (tertiary/aromatic N) is 6. The molecule has 3 rings (SSSR count). The van der Waals surface area contributed by atoms with Gasteiger partial charge in [-0.25, -0.2) is 9.67 Å². The fourth-order valence-electron chi connectivity index (χ4n) is 2.58. The van der Waals surface area contributed by atoms with E-state index in [1.165, 1.54) is 11.3 Å². The van der Waals surface area contributed by atoms with Crippen molar-refractivity contribution in [3.63, 3.8) is 0 Å². The number of amides is 1. The van der Waals surface area contributed by atoms with Gasteiger partial charge in [0.25, 0.3) is 5.91 Å². The van der Waals surface area contributed by atoms with E-state index in [0.29, 0.717) is 50.3 Å². The zero-order chi connectivity index (χ0) is 17.8. The van der Waals surface area contributed by atoms with Gasteiger partial charge in [-0.2, -0.15) is 0 Å². The molecule has 1 aliphatic rings. The van der Waals surface area contributed by atoms with Gasteiger partial charge in [0.15, 0.2) is 5.82 Å². The number of methoxy groups -OCH3 is 1. The Hall–Kier alpha value is -1.91. The van der Waals surface area contributed by atoms with Crippen LogP contribution in [-0.2, 0) is 16.0 Å². The highest BCUT2D eigenvalue weighted by Gasteiger charge is 2.30. The molecule has 1 atom stereocenters. The number of hydrogen-bond acceptors (Lipinski definition) is 8. The minimum Gasteiger partial charge on any atom is -0.383 e. The number of thiazole rings is 1. The van der Waals surface area contributed by atoms with Crippen molar-refractivity contribution in [3.8, 4) is 0 Å². The number of carbonyl (C=O) groups excluding carboxylic acids is 1. The van der Waals surface area contributed by atoms with Gasteiger partial charge >= 0.3 is 0 Å². The van der Waals surface area contributed by atoms with Gasteiger partial charge in [0.05, 0.1) is 31.3 Å². The van der Waals surface area contributed by atoms with Crippen molar-refractivity contribution in [3.05, 3.63) is 21.9 Å². The van der Waals surface area contributed by atoms with Crippen LogP contribution in [-0.4, -0.2) is 69.4 Å². The highest BCUT2D eigenvalue weighted by Crippen LogP contribution is 2.23. The van der Waals surface area contributed by atoms with Crippen LogP contribution in [0.15, 0.2) is 5.38 Å². The van der Waals surface area contributed by atoms with Gasteiger partial charge in [-0.05, 0) is 10.4 Å². The summed E-state index contributed by atoms with van der Waals surface area (Å²) in [5, 5.41) is 14.5. The fraction of sp³-hybridized carbons (Fsp3) is 0.667. The minimum atomic E-state index is -0.354. The first kappa shape index (κ1) is 17.9. The maximum atomic E-state index is 12.7. The number of hydrogen-bond donors (Lipinski definition) is 0. The highest BCUT2D eigenvalue weighted by molar-refractivity contribution is 7.09. The number of rotatable bonds is 6. The van der Waals surface area contributed by atoms with Crippen molar-refractivity contribution in [2.75, 3.05) is 33.4 Å². The van der Waals surface area contributed by atoms with Crippen molar-refractivity contribution >= 4 is 17.2 Å². The zero-order valence-electron chi connectivity index (χ0n) is 14.6. The molecule has 0 spiro atoms. The van der Waals surface area contributed by atoms with Crippen molar-refractivity contribution in [1.29, 1.82) is 0 Å². The summed E-state index contributed by atoms with van der Waals surface area (Å²) in [5.74, 6) is 0.845. The Morgan fingerprint density at radius 2 is 2.36 bits per heavy atom. The van der Waals surface area contributed by atoms with Gasteiger partial charge in [-0.15, -0.1) is 16.4 Å². The van der Waals surface area contributed by atoms with Crippen LogP contribution in [0.25, 0.3) is 0 Å². The third kappa shape index (κ3) is 4.02. The van der Waals surface area contributed by atoms with E-state index in [9.17, 15) is 4.79 Å². The predicted octanol–water partition coefficient (Wildman–Crippen LogP) is 1.11. The van der Waals surface area contributed by atoms with E-state index in [0.717, 1.165) is 5.01 Å². The van der Waals surface area contributed by atoms with E-state index < -0.39 is 0 Å². The van der Waals surface area contributed by atoms with Gasteiger partial charge in [-0.1, -0.05) is 13.8 Å². The molecule has 1 saturated heterocycles. The van der Waals surface area contributed by atoms with Gasteiger partial charge in [-0.3, -0.25) is 4.79 Å². The lowest BCUT2D eigenvalue weighted by Crippen LogP contribution is -2.43. The summed E-state index contributed by atoms with van der Waals surface area (Å²) in [6.45, 7) is 6.55. The second-order valence-electron chi connectivity index (χ2n) is 6.09. The average Bonchev–Trinajstić information content (AvgIpc) is 3.28. The van der Waals surface area contributed by atoms with E-state index in [4.69, 9.17) is 9.47 Å². The van der Waals surface area contributed by atoms with Crippen LogP contribution in [0.3, 0.4) is 0 Å². The second kappa shape index (κ2) is 7.98. The Bertz CT molecular complexity index is 716. The number of aromatic nitrogens is 5. The first-order chi connectivity index (χ1) is 12.1. The summed E-state index contributed by atoms with van der Waals surface area (Å²) in [6, 6.07) is 0. The maximum absolute atomic E-state index is 12.7. The Morgan fingerprint density at radius 3 is 3.08 bits per heavy atom. The van der Waals surface area contributed by atoms with Crippen LogP contribution in [0.2, 0.25) is 0 Å². The predicted molar refractivity (Wildman–Crippen MR) is 90.5 cm³/mol. The molecule has 2 aromatic heterocycles. The lowest BCUT2D eigenvalue weighted by atomic mass is 10.2. The molecular formula is C15H22N6O3S. The molecule has 3 heterocycles. The molecule has 0 radical (unpaired) electrons. The largest absolute Gasteiger partial charge is 0.383 e. The first-order valence-corrected chi connectivity index (χ1v) is 9.09. The Morgan fingerprint density at radius 1 is 1.52 bits per heavy atom. The summed E-state index contributed by atoms with van der Waals surface area (Å²) in [4.78, 5) is 19.0. The van der Waals surface area contributed by atoms with E-state index >= 15 is 0 Å². The van der Waals surface area contributed by atoms with Crippen molar-refractivity contribution in [2.45, 2.75) is 32.4 Å². The topological polar surface area (TPSA) is 95.3 Å². The summed E-state index contributed by atoms with van der Waals surface area (Å²) < 4.78 is 12.5. The average molecular weight is 366 g/mol. The Kier molecular flexibility index (Phi) is 5.71.